The molecule has 6 heteroatoms. The molecule has 6 nitrogen and oxygen atoms in total. The number of hydrogen-bond donors (Lipinski definition) is 1. The molecule has 0 aromatic heterocycles. The van der Waals surface area contributed by atoms with Crippen molar-refractivity contribution in [3.63, 3.8) is 0 Å². The summed E-state index contributed by atoms with van der Waals surface area (Å²) in [6.45, 7) is 2.49. The van der Waals surface area contributed by atoms with Gasteiger partial charge in [-0.3, -0.25) is 9.59 Å². The van der Waals surface area contributed by atoms with Gasteiger partial charge in [0.05, 0.1) is 5.92 Å². The van der Waals surface area contributed by atoms with Crippen LogP contribution in [0.4, 0.5) is 5.69 Å². The molecule has 4 rings (SSSR count). The van der Waals surface area contributed by atoms with E-state index in [0.717, 1.165) is 31.4 Å². The minimum Gasteiger partial charge on any atom is -0.381 e. The minimum atomic E-state index is -0.157. The lowest BCUT2D eigenvalue weighted by atomic mass is 9.71. The van der Waals surface area contributed by atoms with Crippen LogP contribution in [0.3, 0.4) is 0 Å². The summed E-state index contributed by atoms with van der Waals surface area (Å²) in [5.74, 6) is 0.0138. The quantitative estimate of drug-likeness (QED) is 0.846. The number of benzene rings is 1. The van der Waals surface area contributed by atoms with Crippen molar-refractivity contribution in [2.75, 3.05) is 45.3 Å². The maximum atomic E-state index is 13.3. The number of hydrogen-bond acceptors (Lipinski definition) is 4. The molecule has 158 valence electrons. The third kappa shape index (κ3) is 4.13. The molecule has 29 heavy (non-hydrogen) atoms. The molecule has 3 aliphatic rings. The molecule has 1 N–H and O–H groups in total. The van der Waals surface area contributed by atoms with Crippen LogP contribution in [-0.2, 0) is 9.53 Å². The van der Waals surface area contributed by atoms with Gasteiger partial charge in [-0.15, -0.1) is 0 Å². The topological polar surface area (TPSA) is 61.9 Å². The molecule has 1 unspecified atom stereocenters. The monoisotopic (exact) mass is 399 g/mol. The molecular formula is C23H33N3O3. The number of amides is 2. The summed E-state index contributed by atoms with van der Waals surface area (Å²) in [7, 11) is 3.94. The lowest BCUT2D eigenvalue weighted by molar-refractivity contribution is -0.130. The highest BCUT2D eigenvalue weighted by Crippen LogP contribution is 2.45. The summed E-state index contributed by atoms with van der Waals surface area (Å²) in [6.07, 6.45) is 6.24. The van der Waals surface area contributed by atoms with Gasteiger partial charge >= 0.3 is 0 Å². The van der Waals surface area contributed by atoms with Crippen molar-refractivity contribution in [3.05, 3.63) is 29.8 Å². The number of likely N-dealkylation sites (tertiary alicyclic amines) is 1. The number of rotatable bonds is 4. The van der Waals surface area contributed by atoms with E-state index in [1.165, 1.54) is 12.8 Å². The van der Waals surface area contributed by atoms with Crippen LogP contribution >= 0.6 is 0 Å². The normalized spacial score (nSPS) is 24.1. The lowest BCUT2D eigenvalue weighted by Gasteiger charge is -2.37. The molecule has 0 radical (unpaired) electrons. The standard InChI is InChI=1S/C23H33N3O3/c1-25(2)19-9-5-6-17(14-19)22(28)26-15-20(21(27)24-18-7-3-4-8-18)23(16-26)10-12-29-13-11-23/h5-6,9,14,18,20H,3-4,7-8,10-13,15-16H2,1-2H3,(H,24,27). The Morgan fingerprint density at radius 2 is 1.90 bits per heavy atom. The molecule has 3 fully saturated rings. The molecule has 2 aliphatic heterocycles. The first-order valence-corrected chi connectivity index (χ1v) is 10.9. The fourth-order valence-corrected chi connectivity index (χ4v) is 5.24. The van der Waals surface area contributed by atoms with Crippen molar-refractivity contribution in [2.24, 2.45) is 11.3 Å². The van der Waals surface area contributed by atoms with E-state index in [0.29, 0.717) is 37.9 Å². The Kier molecular flexibility index (Phi) is 5.81. The Morgan fingerprint density at radius 1 is 1.17 bits per heavy atom. The Hall–Kier alpha value is -2.08. The van der Waals surface area contributed by atoms with Crippen molar-refractivity contribution in [1.29, 1.82) is 0 Å². The van der Waals surface area contributed by atoms with Crippen LogP contribution in [0.5, 0.6) is 0 Å². The van der Waals surface area contributed by atoms with Gasteiger partial charge in [0.15, 0.2) is 0 Å². The first kappa shape index (κ1) is 20.2. The summed E-state index contributed by atoms with van der Waals surface area (Å²) in [6, 6.07) is 8.04. The molecule has 1 atom stereocenters. The van der Waals surface area contributed by atoms with Crippen LogP contribution in [-0.4, -0.2) is 63.2 Å². The molecule has 1 spiro atoms. The van der Waals surface area contributed by atoms with E-state index in [4.69, 9.17) is 4.74 Å². The smallest absolute Gasteiger partial charge is 0.253 e. The molecule has 2 heterocycles. The Labute approximate surface area is 173 Å². The van der Waals surface area contributed by atoms with E-state index in [-0.39, 0.29) is 23.1 Å². The van der Waals surface area contributed by atoms with Crippen LogP contribution in [0.15, 0.2) is 24.3 Å². The van der Waals surface area contributed by atoms with Gasteiger partial charge in [0.2, 0.25) is 5.91 Å². The number of nitrogens with zero attached hydrogens (tertiary/aromatic N) is 2. The van der Waals surface area contributed by atoms with Crippen LogP contribution < -0.4 is 10.2 Å². The molecule has 2 amide bonds. The molecular weight excluding hydrogens is 366 g/mol. The fraction of sp³-hybridized carbons (Fsp3) is 0.652. The van der Waals surface area contributed by atoms with Crippen LogP contribution in [0.25, 0.3) is 0 Å². The summed E-state index contributed by atoms with van der Waals surface area (Å²) < 4.78 is 5.60. The van der Waals surface area contributed by atoms with Crippen molar-refractivity contribution in [1.82, 2.24) is 10.2 Å². The summed E-state index contributed by atoms with van der Waals surface area (Å²) in [4.78, 5) is 30.4. The van der Waals surface area contributed by atoms with Gasteiger partial charge in [-0.05, 0) is 43.9 Å². The molecule has 1 aromatic rings. The van der Waals surface area contributed by atoms with Crippen molar-refractivity contribution < 1.29 is 14.3 Å². The SMILES string of the molecule is CN(C)c1cccc(C(=O)N2CC(C(=O)NC3CCCC3)C3(CCOCC3)C2)c1. The van der Waals surface area contributed by atoms with Gasteiger partial charge in [0.1, 0.15) is 0 Å². The summed E-state index contributed by atoms with van der Waals surface area (Å²) in [5, 5.41) is 3.29. The second-order valence-corrected chi connectivity index (χ2v) is 9.15. The molecule has 2 saturated heterocycles. The summed E-state index contributed by atoms with van der Waals surface area (Å²) in [5.41, 5.74) is 1.54. The highest BCUT2D eigenvalue weighted by atomic mass is 16.5. The van der Waals surface area contributed by atoms with E-state index in [1.54, 1.807) is 0 Å². The van der Waals surface area contributed by atoms with Gasteiger partial charge in [-0.1, -0.05) is 18.9 Å². The molecule has 1 aliphatic carbocycles. The Morgan fingerprint density at radius 3 is 2.59 bits per heavy atom. The van der Waals surface area contributed by atoms with Crippen LogP contribution in [0.2, 0.25) is 0 Å². The van der Waals surface area contributed by atoms with Gasteiger partial charge in [0, 0.05) is 63.1 Å². The number of carbonyl (C=O) groups is 2. The molecule has 0 bridgehead atoms. The van der Waals surface area contributed by atoms with E-state index >= 15 is 0 Å². The second kappa shape index (κ2) is 8.34. The molecule has 1 aromatic carbocycles. The average Bonchev–Trinajstić information content (AvgIpc) is 3.36. The second-order valence-electron chi connectivity index (χ2n) is 9.15. The van der Waals surface area contributed by atoms with Gasteiger partial charge in [0.25, 0.3) is 5.91 Å². The lowest BCUT2D eigenvalue weighted by Crippen LogP contribution is -2.46. The van der Waals surface area contributed by atoms with E-state index in [2.05, 4.69) is 5.32 Å². The van der Waals surface area contributed by atoms with Crippen molar-refractivity contribution in [2.45, 2.75) is 44.6 Å². The van der Waals surface area contributed by atoms with E-state index in [1.807, 2.05) is 48.2 Å². The maximum absolute atomic E-state index is 13.3. The number of nitrogens with one attached hydrogen (secondary N) is 1. The fourth-order valence-electron chi connectivity index (χ4n) is 5.24. The van der Waals surface area contributed by atoms with Gasteiger partial charge in [-0.25, -0.2) is 0 Å². The highest BCUT2D eigenvalue weighted by molar-refractivity contribution is 5.96. The number of carbonyl (C=O) groups excluding carboxylic acids is 2. The van der Waals surface area contributed by atoms with Gasteiger partial charge < -0.3 is 19.9 Å². The third-order valence-electron chi connectivity index (χ3n) is 7.05. The zero-order valence-electron chi connectivity index (χ0n) is 17.7. The number of anilines is 1. The zero-order chi connectivity index (χ0) is 20.4. The number of ether oxygens (including phenoxy) is 1. The first-order valence-electron chi connectivity index (χ1n) is 10.9. The third-order valence-corrected chi connectivity index (χ3v) is 7.05. The average molecular weight is 400 g/mol. The molecule has 1 saturated carbocycles. The van der Waals surface area contributed by atoms with Crippen molar-refractivity contribution >= 4 is 17.5 Å². The Bertz CT molecular complexity index is 751. The highest BCUT2D eigenvalue weighted by Gasteiger charge is 2.52. The zero-order valence-corrected chi connectivity index (χ0v) is 17.7. The predicted octanol–water partition coefficient (Wildman–Crippen LogP) is 2.68. The van der Waals surface area contributed by atoms with E-state index in [9.17, 15) is 9.59 Å². The van der Waals surface area contributed by atoms with E-state index < -0.39 is 0 Å². The largest absolute Gasteiger partial charge is 0.381 e. The van der Waals surface area contributed by atoms with Gasteiger partial charge in [-0.2, -0.15) is 0 Å². The van der Waals surface area contributed by atoms with Crippen LogP contribution in [0, 0.1) is 11.3 Å². The van der Waals surface area contributed by atoms with Crippen molar-refractivity contribution in [3.8, 4) is 0 Å². The maximum Gasteiger partial charge on any atom is 0.253 e. The van der Waals surface area contributed by atoms with Crippen LogP contribution in [0.1, 0.15) is 48.9 Å². The predicted molar refractivity (Wildman–Crippen MR) is 113 cm³/mol. The minimum absolute atomic E-state index is 0.0238. The Balaban J connectivity index is 1.53. The first-order chi connectivity index (χ1) is 14.0. The summed E-state index contributed by atoms with van der Waals surface area (Å²) >= 11 is 0.